The molecule has 0 amide bonds. The average molecular weight is 575 g/mol. The first-order valence-corrected chi connectivity index (χ1v) is 15.0. The number of hydrogen-bond acceptors (Lipinski definition) is 7. The number of carbonyl (C=O) groups is 3. The molecule has 0 fully saturated rings. The van der Waals surface area contributed by atoms with Crippen LogP contribution < -0.4 is 9.47 Å². The van der Waals surface area contributed by atoms with E-state index >= 15 is 0 Å². The third-order valence-electron chi connectivity index (χ3n) is 6.37. The molecule has 6 nitrogen and oxygen atoms in total. The van der Waals surface area contributed by atoms with Crippen molar-refractivity contribution >= 4 is 29.7 Å². The second-order valence-electron chi connectivity index (χ2n) is 9.67. The number of unbranched alkanes of at least 4 members (excludes halogenated alkanes) is 4. The summed E-state index contributed by atoms with van der Waals surface area (Å²) in [7, 11) is 0. The van der Waals surface area contributed by atoms with Crippen molar-refractivity contribution in [2.75, 3.05) is 12.4 Å². The Hall–Kier alpha value is -3.84. The number of benzene rings is 3. The van der Waals surface area contributed by atoms with Gasteiger partial charge in [-0.1, -0.05) is 44.9 Å². The summed E-state index contributed by atoms with van der Waals surface area (Å²) in [6.07, 6.45) is 8.71. The van der Waals surface area contributed by atoms with E-state index < -0.39 is 17.9 Å². The SMILES string of the molecule is C=CC(=O)OCCCCSc1ccc(C(=O)Oc2ccc(C(=O)Oc3ccc(CCCCCC)cc3)cc2)cc1C. The van der Waals surface area contributed by atoms with Crippen LogP contribution in [0, 0.1) is 6.92 Å². The summed E-state index contributed by atoms with van der Waals surface area (Å²) in [4.78, 5) is 37.4. The van der Waals surface area contributed by atoms with E-state index in [1.807, 2.05) is 37.3 Å². The van der Waals surface area contributed by atoms with Gasteiger partial charge in [0.2, 0.25) is 0 Å². The summed E-state index contributed by atoms with van der Waals surface area (Å²) in [6.45, 7) is 7.90. The zero-order valence-electron chi connectivity index (χ0n) is 23.9. The lowest BCUT2D eigenvalue weighted by Crippen LogP contribution is -2.10. The van der Waals surface area contributed by atoms with Crippen LogP contribution in [0.1, 0.15) is 77.3 Å². The highest BCUT2D eigenvalue weighted by molar-refractivity contribution is 7.99. The molecular weight excluding hydrogens is 536 g/mol. The van der Waals surface area contributed by atoms with Crippen molar-refractivity contribution in [3.05, 3.63) is 102 Å². The third kappa shape index (κ3) is 10.9. The molecule has 0 heterocycles. The van der Waals surface area contributed by atoms with E-state index in [1.165, 1.54) is 24.8 Å². The smallest absolute Gasteiger partial charge is 0.343 e. The van der Waals surface area contributed by atoms with E-state index in [4.69, 9.17) is 14.2 Å². The largest absolute Gasteiger partial charge is 0.463 e. The van der Waals surface area contributed by atoms with E-state index in [0.717, 1.165) is 48.0 Å². The van der Waals surface area contributed by atoms with Crippen LogP contribution in [-0.2, 0) is 16.0 Å². The fourth-order valence-electron chi connectivity index (χ4n) is 4.03. The van der Waals surface area contributed by atoms with Gasteiger partial charge in [-0.3, -0.25) is 0 Å². The summed E-state index contributed by atoms with van der Waals surface area (Å²) in [5, 5.41) is 0. The number of thioether (sulfide) groups is 1. The van der Waals surface area contributed by atoms with Crippen LogP contribution in [-0.4, -0.2) is 30.3 Å². The number of aryl methyl sites for hydroxylation is 2. The molecule has 0 bridgehead atoms. The zero-order chi connectivity index (χ0) is 29.5. The van der Waals surface area contributed by atoms with Gasteiger partial charge in [0.1, 0.15) is 11.5 Å². The highest BCUT2D eigenvalue weighted by Gasteiger charge is 2.13. The number of carbonyl (C=O) groups excluding carboxylic acids is 3. The van der Waals surface area contributed by atoms with Crippen LogP contribution in [0.4, 0.5) is 0 Å². The fourth-order valence-corrected chi connectivity index (χ4v) is 5.05. The van der Waals surface area contributed by atoms with Gasteiger partial charge in [-0.2, -0.15) is 0 Å². The van der Waals surface area contributed by atoms with Crippen LogP contribution in [0.3, 0.4) is 0 Å². The van der Waals surface area contributed by atoms with Gasteiger partial charge in [0, 0.05) is 11.0 Å². The number of esters is 3. The van der Waals surface area contributed by atoms with Gasteiger partial charge >= 0.3 is 17.9 Å². The van der Waals surface area contributed by atoms with E-state index in [9.17, 15) is 14.4 Å². The Kier molecular flexibility index (Phi) is 13.2. The van der Waals surface area contributed by atoms with Gasteiger partial charge in [-0.25, -0.2) is 14.4 Å². The monoisotopic (exact) mass is 574 g/mol. The van der Waals surface area contributed by atoms with Crippen molar-refractivity contribution in [1.29, 1.82) is 0 Å². The molecular formula is C34H38O6S. The molecule has 41 heavy (non-hydrogen) atoms. The fraction of sp³-hybridized carbons (Fsp3) is 0.324. The molecule has 0 atom stereocenters. The Bertz CT molecular complexity index is 1300. The first-order chi connectivity index (χ1) is 19.9. The van der Waals surface area contributed by atoms with Crippen LogP contribution >= 0.6 is 11.8 Å². The highest BCUT2D eigenvalue weighted by atomic mass is 32.2. The lowest BCUT2D eigenvalue weighted by molar-refractivity contribution is -0.137. The molecule has 0 aromatic heterocycles. The van der Waals surface area contributed by atoms with Gasteiger partial charge in [-0.15, -0.1) is 11.8 Å². The van der Waals surface area contributed by atoms with Crippen molar-refractivity contribution in [2.24, 2.45) is 0 Å². The molecule has 0 aliphatic carbocycles. The summed E-state index contributed by atoms with van der Waals surface area (Å²) >= 11 is 1.69. The zero-order valence-corrected chi connectivity index (χ0v) is 24.7. The van der Waals surface area contributed by atoms with Crippen molar-refractivity contribution in [3.63, 3.8) is 0 Å². The van der Waals surface area contributed by atoms with Gasteiger partial charge in [0.05, 0.1) is 17.7 Å². The standard InChI is InChI=1S/C34H38O6S/c1-4-6-7-8-11-26-12-17-29(18-13-26)39-33(36)27-14-19-30(20-15-27)40-34(37)28-16-21-31(25(3)24-28)41-23-10-9-22-38-32(35)5-2/h5,12-21,24H,2,4,6-11,22-23H2,1,3H3. The van der Waals surface area contributed by atoms with Crippen molar-refractivity contribution < 1.29 is 28.6 Å². The first kappa shape index (κ1) is 31.7. The maximum atomic E-state index is 12.7. The molecule has 0 spiro atoms. The number of hydrogen-bond donors (Lipinski definition) is 0. The molecule has 0 aliphatic heterocycles. The highest BCUT2D eigenvalue weighted by Crippen LogP contribution is 2.25. The quantitative estimate of drug-likeness (QED) is 0.0561. The molecule has 7 heteroatoms. The molecule has 0 unspecified atom stereocenters. The molecule has 3 rings (SSSR count). The Balaban J connectivity index is 1.45. The molecule has 0 saturated carbocycles. The third-order valence-corrected chi connectivity index (χ3v) is 7.63. The number of rotatable bonds is 16. The lowest BCUT2D eigenvalue weighted by Gasteiger charge is -2.09. The molecule has 3 aromatic carbocycles. The molecule has 0 aliphatic rings. The van der Waals surface area contributed by atoms with Gasteiger partial charge in [-0.05, 0) is 104 Å². The Morgan fingerprint density at radius 3 is 2.05 bits per heavy atom. The average Bonchev–Trinajstić information content (AvgIpc) is 2.98. The second kappa shape index (κ2) is 17.1. The molecule has 216 valence electrons. The second-order valence-corrected chi connectivity index (χ2v) is 10.8. The lowest BCUT2D eigenvalue weighted by atomic mass is 10.1. The van der Waals surface area contributed by atoms with E-state index in [1.54, 1.807) is 48.2 Å². The van der Waals surface area contributed by atoms with Gasteiger partial charge in [0.15, 0.2) is 0 Å². The summed E-state index contributed by atoms with van der Waals surface area (Å²) in [5.41, 5.74) is 3.02. The maximum absolute atomic E-state index is 12.7. The number of ether oxygens (including phenoxy) is 3. The Labute approximate surface area is 247 Å². The summed E-state index contributed by atoms with van der Waals surface area (Å²) in [5.74, 6) is 0.356. The van der Waals surface area contributed by atoms with Crippen LogP contribution in [0.2, 0.25) is 0 Å². The Morgan fingerprint density at radius 2 is 1.41 bits per heavy atom. The minimum atomic E-state index is -0.473. The molecule has 0 N–H and O–H groups in total. The molecule has 3 aromatic rings. The Morgan fingerprint density at radius 1 is 0.780 bits per heavy atom. The first-order valence-electron chi connectivity index (χ1n) is 14.1. The topological polar surface area (TPSA) is 78.9 Å². The van der Waals surface area contributed by atoms with Crippen LogP contribution in [0.5, 0.6) is 11.5 Å². The minimum Gasteiger partial charge on any atom is -0.463 e. The molecule has 0 saturated heterocycles. The van der Waals surface area contributed by atoms with Crippen molar-refractivity contribution in [2.45, 2.75) is 63.7 Å². The van der Waals surface area contributed by atoms with E-state index in [2.05, 4.69) is 13.5 Å². The predicted molar refractivity (Wildman–Crippen MR) is 163 cm³/mol. The predicted octanol–water partition coefficient (Wildman–Crippen LogP) is 8.16. The van der Waals surface area contributed by atoms with Gasteiger partial charge in [0.25, 0.3) is 0 Å². The van der Waals surface area contributed by atoms with E-state index in [0.29, 0.717) is 29.2 Å². The van der Waals surface area contributed by atoms with Crippen LogP contribution in [0.25, 0.3) is 0 Å². The summed E-state index contributed by atoms with van der Waals surface area (Å²) in [6, 6.07) is 19.4. The van der Waals surface area contributed by atoms with Crippen molar-refractivity contribution in [3.8, 4) is 11.5 Å². The van der Waals surface area contributed by atoms with Crippen LogP contribution in [0.15, 0.2) is 84.3 Å². The van der Waals surface area contributed by atoms with Gasteiger partial charge < -0.3 is 14.2 Å². The van der Waals surface area contributed by atoms with E-state index in [-0.39, 0.29) is 0 Å². The molecule has 0 radical (unpaired) electrons. The normalized spacial score (nSPS) is 10.6. The minimum absolute atomic E-state index is 0.340. The summed E-state index contributed by atoms with van der Waals surface area (Å²) < 4.78 is 16.0. The van der Waals surface area contributed by atoms with Crippen molar-refractivity contribution in [1.82, 2.24) is 0 Å². The maximum Gasteiger partial charge on any atom is 0.343 e.